The number of hydrogen-bond donors (Lipinski definition) is 0. The first-order valence-electron chi connectivity index (χ1n) is 5.31. The Hall–Kier alpha value is -1.09. The van der Waals surface area contributed by atoms with Gasteiger partial charge in [-0.3, -0.25) is 4.98 Å². The summed E-state index contributed by atoms with van der Waals surface area (Å²) in [4.78, 5) is 6.56. The maximum absolute atomic E-state index is 5.03. The van der Waals surface area contributed by atoms with Gasteiger partial charge in [-0.15, -0.1) is 0 Å². The zero-order chi connectivity index (χ0) is 11.3. The van der Waals surface area contributed by atoms with Gasteiger partial charge in [0, 0.05) is 26.4 Å². The zero-order valence-electron chi connectivity index (χ0n) is 10.0. The average molecular weight is 208 g/mol. The molecular weight excluding hydrogens is 188 g/mol. The molecule has 3 nitrogen and oxygen atoms in total. The van der Waals surface area contributed by atoms with Crippen LogP contribution in [0.4, 0.5) is 5.69 Å². The van der Waals surface area contributed by atoms with Crippen molar-refractivity contribution in [1.29, 1.82) is 0 Å². The largest absolute Gasteiger partial charge is 0.383 e. The highest BCUT2D eigenvalue weighted by atomic mass is 16.5. The molecule has 0 amide bonds. The number of nitrogens with zero attached hydrogens (tertiary/aromatic N) is 2. The van der Waals surface area contributed by atoms with E-state index in [9.17, 15) is 0 Å². The summed E-state index contributed by atoms with van der Waals surface area (Å²) < 4.78 is 5.03. The molecule has 0 bridgehead atoms. The molecule has 0 fully saturated rings. The maximum Gasteiger partial charge on any atom is 0.0637 e. The van der Waals surface area contributed by atoms with Crippen LogP contribution in [0, 0.1) is 0 Å². The lowest BCUT2D eigenvalue weighted by molar-refractivity contribution is 0.206. The van der Waals surface area contributed by atoms with Crippen molar-refractivity contribution < 1.29 is 4.74 Å². The van der Waals surface area contributed by atoms with E-state index in [4.69, 9.17) is 4.74 Å². The lowest BCUT2D eigenvalue weighted by Gasteiger charge is -2.18. The summed E-state index contributed by atoms with van der Waals surface area (Å²) in [5.41, 5.74) is 2.27. The normalized spacial score (nSPS) is 10.7. The van der Waals surface area contributed by atoms with Crippen molar-refractivity contribution in [3.05, 3.63) is 24.0 Å². The van der Waals surface area contributed by atoms with Crippen molar-refractivity contribution >= 4 is 5.69 Å². The molecule has 0 saturated carbocycles. The van der Waals surface area contributed by atoms with Gasteiger partial charge < -0.3 is 9.64 Å². The highest BCUT2D eigenvalue weighted by Gasteiger charge is 2.03. The van der Waals surface area contributed by atoms with Gasteiger partial charge in [0.1, 0.15) is 0 Å². The third-order valence-corrected chi connectivity index (χ3v) is 2.43. The van der Waals surface area contributed by atoms with Crippen molar-refractivity contribution in [3.8, 4) is 0 Å². The Morgan fingerprint density at radius 3 is 2.60 bits per heavy atom. The molecule has 0 aromatic carbocycles. The van der Waals surface area contributed by atoms with Crippen LogP contribution in [-0.2, 0) is 4.74 Å². The van der Waals surface area contributed by atoms with E-state index in [1.165, 1.54) is 0 Å². The monoisotopic (exact) mass is 208 g/mol. The number of pyridine rings is 1. The Labute approximate surface area is 92.1 Å². The Bertz CT molecular complexity index is 282. The molecule has 0 aliphatic heterocycles. The molecule has 1 rings (SSSR count). The predicted molar refractivity (Wildman–Crippen MR) is 63.5 cm³/mol. The molecule has 0 atom stereocenters. The summed E-state index contributed by atoms with van der Waals surface area (Å²) in [6.45, 7) is 5.93. The molecule has 0 unspecified atom stereocenters. The van der Waals surface area contributed by atoms with E-state index < -0.39 is 0 Å². The second-order valence-electron chi connectivity index (χ2n) is 4.01. The average Bonchev–Trinajstić information content (AvgIpc) is 2.26. The predicted octanol–water partition coefficient (Wildman–Crippen LogP) is 2.29. The molecule has 1 aromatic heterocycles. The highest BCUT2D eigenvalue weighted by Crippen LogP contribution is 2.15. The minimum absolute atomic E-state index is 0.489. The molecule has 0 radical (unpaired) electrons. The molecule has 0 saturated heterocycles. The zero-order valence-corrected chi connectivity index (χ0v) is 10.0. The summed E-state index contributed by atoms with van der Waals surface area (Å²) in [5.74, 6) is 0.489. The van der Waals surface area contributed by atoms with E-state index in [1.807, 2.05) is 13.2 Å². The fraction of sp³-hybridized carbons (Fsp3) is 0.583. The first kappa shape index (κ1) is 12.0. The van der Waals surface area contributed by atoms with E-state index in [0.29, 0.717) is 5.92 Å². The molecule has 84 valence electrons. The summed E-state index contributed by atoms with van der Waals surface area (Å²) in [6, 6.07) is 4.20. The Morgan fingerprint density at radius 1 is 1.40 bits per heavy atom. The molecule has 3 heteroatoms. The van der Waals surface area contributed by atoms with Crippen LogP contribution in [-0.4, -0.2) is 32.3 Å². The first-order chi connectivity index (χ1) is 7.15. The fourth-order valence-electron chi connectivity index (χ4n) is 1.32. The van der Waals surface area contributed by atoms with Crippen LogP contribution >= 0.6 is 0 Å². The van der Waals surface area contributed by atoms with Crippen molar-refractivity contribution in [2.24, 2.45) is 0 Å². The molecular formula is C12H20N2O. The summed E-state index contributed by atoms with van der Waals surface area (Å²) >= 11 is 0. The van der Waals surface area contributed by atoms with Gasteiger partial charge >= 0.3 is 0 Å². The maximum atomic E-state index is 5.03. The third-order valence-electron chi connectivity index (χ3n) is 2.43. The van der Waals surface area contributed by atoms with Crippen LogP contribution in [0.5, 0.6) is 0 Å². The summed E-state index contributed by atoms with van der Waals surface area (Å²) in [7, 11) is 3.76. The van der Waals surface area contributed by atoms with E-state index >= 15 is 0 Å². The number of anilines is 1. The van der Waals surface area contributed by atoms with Gasteiger partial charge in [0.15, 0.2) is 0 Å². The Morgan fingerprint density at radius 2 is 2.13 bits per heavy atom. The number of methoxy groups -OCH3 is 1. The van der Waals surface area contributed by atoms with Crippen LogP contribution in [0.2, 0.25) is 0 Å². The smallest absolute Gasteiger partial charge is 0.0637 e. The van der Waals surface area contributed by atoms with Crippen molar-refractivity contribution in [3.63, 3.8) is 0 Å². The summed E-state index contributed by atoms with van der Waals surface area (Å²) in [6.07, 6.45) is 1.92. The number of ether oxygens (including phenoxy) is 1. The van der Waals surface area contributed by atoms with Gasteiger partial charge in [-0.2, -0.15) is 0 Å². The van der Waals surface area contributed by atoms with Gasteiger partial charge in [0.2, 0.25) is 0 Å². The standard InChI is InChI=1S/C12H20N2O/c1-10(2)12-6-5-11(9-13-12)14(3)7-8-15-4/h5-6,9-10H,7-8H2,1-4H3. The third kappa shape index (κ3) is 3.51. The van der Waals surface area contributed by atoms with Crippen LogP contribution in [0.15, 0.2) is 18.3 Å². The minimum atomic E-state index is 0.489. The van der Waals surface area contributed by atoms with E-state index in [2.05, 4.69) is 35.9 Å². The molecule has 0 aliphatic rings. The molecule has 1 aromatic rings. The molecule has 0 N–H and O–H groups in total. The lowest BCUT2D eigenvalue weighted by atomic mass is 10.1. The molecule has 0 aliphatic carbocycles. The van der Waals surface area contributed by atoms with Crippen LogP contribution in [0.25, 0.3) is 0 Å². The van der Waals surface area contributed by atoms with Crippen molar-refractivity contribution in [2.75, 3.05) is 32.2 Å². The molecule has 1 heterocycles. The first-order valence-corrected chi connectivity index (χ1v) is 5.31. The number of hydrogen-bond acceptors (Lipinski definition) is 3. The van der Waals surface area contributed by atoms with Gasteiger partial charge in [-0.05, 0) is 18.1 Å². The van der Waals surface area contributed by atoms with E-state index in [1.54, 1.807) is 7.11 Å². The quantitative estimate of drug-likeness (QED) is 0.742. The van der Waals surface area contributed by atoms with Crippen molar-refractivity contribution in [1.82, 2.24) is 4.98 Å². The van der Waals surface area contributed by atoms with Gasteiger partial charge in [0.05, 0.1) is 18.5 Å². The van der Waals surface area contributed by atoms with E-state index in [-0.39, 0.29) is 0 Å². The topological polar surface area (TPSA) is 25.4 Å². The van der Waals surface area contributed by atoms with E-state index in [0.717, 1.165) is 24.5 Å². The number of likely N-dealkylation sites (N-methyl/N-ethyl adjacent to an activating group) is 1. The van der Waals surface area contributed by atoms with Gasteiger partial charge in [0.25, 0.3) is 0 Å². The van der Waals surface area contributed by atoms with Crippen molar-refractivity contribution in [2.45, 2.75) is 19.8 Å². The molecule has 0 spiro atoms. The lowest BCUT2D eigenvalue weighted by Crippen LogP contribution is -2.22. The summed E-state index contributed by atoms with van der Waals surface area (Å²) in [5, 5.41) is 0. The van der Waals surface area contributed by atoms with Crippen LogP contribution < -0.4 is 4.90 Å². The van der Waals surface area contributed by atoms with Crippen LogP contribution in [0.1, 0.15) is 25.5 Å². The Kier molecular flexibility index (Phi) is 4.56. The highest BCUT2D eigenvalue weighted by molar-refractivity contribution is 5.43. The van der Waals surface area contributed by atoms with Gasteiger partial charge in [-0.25, -0.2) is 0 Å². The minimum Gasteiger partial charge on any atom is -0.383 e. The van der Waals surface area contributed by atoms with Gasteiger partial charge in [-0.1, -0.05) is 13.8 Å². The van der Waals surface area contributed by atoms with Crippen LogP contribution in [0.3, 0.4) is 0 Å². The Balaban J connectivity index is 2.62. The fourth-order valence-corrected chi connectivity index (χ4v) is 1.32. The number of aromatic nitrogens is 1. The second kappa shape index (κ2) is 5.71. The second-order valence-corrected chi connectivity index (χ2v) is 4.01. The molecule has 15 heavy (non-hydrogen) atoms. The SMILES string of the molecule is COCCN(C)c1ccc(C(C)C)nc1. The number of rotatable bonds is 5.